The van der Waals surface area contributed by atoms with Crippen LogP contribution in [0.4, 0.5) is 4.79 Å². The van der Waals surface area contributed by atoms with E-state index in [0.717, 1.165) is 25.9 Å². The quantitative estimate of drug-likeness (QED) is 0.861. The van der Waals surface area contributed by atoms with E-state index < -0.39 is 5.60 Å². The monoisotopic (exact) mass is 298 g/mol. The number of hydrogen-bond donors (Lipinski definition) is 1. The van der Waals surface area contributed by atoms with Crippen molar-refractivity contribution in [3.63, 3.8) is 0 Å². The van der Waals surface area contributed by atoms with Crippen LogP contribution in [-0.2, 0) is 4.74 Å². The van der Waals surface area contributed by atoms with Crippen LogP contribution < -0.4 is 5.32 Å². The molecule has 4 nitrogen and oxygen atoms in total. The van der Waals surface area contributed by atoms with Crippen LogP contribution in [0.3, 0.4) is 0 Å². The molecule has 0 unspecified atom stereocenters. The lowest BCUT2D eigenvalue weighted by Gasteiger charge is -2.42. The molecule has 0 aliphatic carbocycles. The minimum Gasteiger partial charge on any atom is -0.444 e. The van der Waals surface area contributed by atoms with Gasteiger partial charge in [-0.2, -0.15) is 0 Å². The fourth-order valence-electron chi connectivity index (χ4n) is 2.89. The van der Waals surface area contributed by atoms with E-state index in [4.69, 9.17) is 4.74 Å². The molecule has 1 rings (SSSR count). The van der Waals surface area contributed by atoms with Crippen LogP contribution in [0.2, 0.25) is 0 Å². The van der Waals surface area contributed by atoms with Crippen molar-refractivity contribution in [3.8, 4) is 0 Å². The van der Waals surface area contributed by atoms with Crippen molar-refractivity contribution in [2.24, 2.45) is 11.8 Å². The number of hydrogen-bond acceptors (Lipinski definition) is 3. The normalized spacial score (nSPS) is 23.8. The molecule has 1 N–H and O–H groups in total. The van der Waals surface area contributed by atoms with E-state index in [1.54, 1.807) is 0 Å². The van der Waals surface area contributed by atoms with Crippen LogP contribution in [0, 0.1) is 11.8 Å². The second kappa shape index (κ2) is 7.48. The average Bonchev–Trinajstić information content (AvgIpc) is 2.27. The van der Waals surface area contributed by atoms with Gasteiger partial charge in [0, 0.05) is 25.2 Å². The smallest absolute Gasteiger partial charge is 0.410 e. The van der Waals surface area contributed by atoms with Gasteiger partial charge in [0.2, 0.25) is 0 Å². The van der Waals surface area contributed by atoms with Crippen LogP contribution in [0.25, 0.3) is 0 Å². The Balaban J connectivity index is 2.75. The molecule has 1 saturated heterocycles. The number of rotatable bonds is 4. The van der Waals surface area contributed by atoms with Crippen LogP contribution >= 0.6 is 0 Å². The summed E-state index contributed by atoms with van der Waals surface area (Å²) < 4.78 is 5.60. The van der Waals surface area contributed by atoms with Crippen molar-refractivity contribution in [1.29, 1.82) is 0 Å². The van der Waals surface area contributed by atoms with Crippen LogP contribution in [0.5, 0.6) is 0 Å². The molecule has 1 aliphatic rings. The van der Waals surface area contributed by atoms with Gasteiger partial charge in [-0.3, -0.25) is 0 Å². The molecule has 0 spiro atoms. The highest BCUT2D eigenvalue weighted by Crippen LogP contribution is 2.21. The molecular formula is C17H34N2O2. The minimum absolute atomic E-state index is 0.164. The Kier molecular flexibility index (Phi) is 6.51. The van der Waals surface area contributed by atoms with E-state index in [1.165, 1.54) is 0 Å². The zero-order chi connectivity index (χ0) is 16.2. The molecule has 0 saturated carbocycles. The Bertz CT molecular complexity index is 334. The summed E-state index contributed by atoms with van der Waals surface area (Å²) in [4.78, 5) is 14.5. The van der Waals surface area contributed by atoms with Gasteiger partial charge >= 0.3 is 6.09 Å². The first-order valence-electron chi connectivity index (χ1n) is 8.31. The van der Waals surface area contributed by atoms with Crippen molar-refractivity contribution in [3.05, 3.63) is 0 Å². The van der Waals surface area contributed by atoms with Crippen molar-refractivity contribution in [1.82, 2.24) is 10.2 Å². The summed E-state index contributed by atoms with van der Waals surface area (Å²) in [6.45, 7) is 16.3. The predicted molar refractivity (Wildman–Crippen MR) is 87.4 cm³/mol. The van der Waals surface area contributed by atoms with E-state index in [2.05, 4.69) is 33.0 Å². The summed E-state index contributed by atoms with van der Waals surface area (Å²) in [7, 11) is 0. The van der Waals surface area contributed by atoms with Gasteiger partial charge in [-0.25, -0.2) is 4.79 Å². The van der Waals surface area contributed by atoms with Crippen LogP contribution in [-0.4, -0.2) is 41.8 Å². The Morgan fingerprint density at radius 3 is 2.24 bits per heavy atom. The fraction of sp³-hybridized carbons (Fsp3) is 0.941. The molecule has 1 aliphatic heterocycles. The molecule has 1 amide bonds. The molecule has 1 heterocycles. The standard InChI is InChI=1S/C17H34N2O2/c1-12(2)8-14-11-19(16(20)21-17(5,6)7)15(10-18-14)9-13(3)4/h12-15,18H,8-11H2,1-7H3/t14-,15-/m1/s1. The molecule has 2 atom stereocenters. The Hall–Kier alpha value is -0.770. The first-order valence-corrected chi connectivity index (χ1v) is 8.31. The second-order valence-corrected chi connectivity index (χ2v) is 8.15. The van der Waals surface area contributed by atoms with Gasteiger partial charge in [-0.1, -0.05) is 27.7 Å². The molecular weight excluding hydrogens is 264 g/mol. The lowest BCUT2D eigenvalue weighted by atomic mass is 9.96. The van der Waals surface area contributed by atoms with Crippen molar-refractivity contribution in [2.45, 2.75) is 79.0 Å². The van der Waals surface area contributed by atoms with Gasteiger partial charge in [-0.15, -0.1) is 0 Å². The molecule has 0 bridgehead atoms. The molecule has 0 radical (unpaired) electrons. The summed E-state index contributed by atoms with van der Waals surface area (Å²) in [5.41, 5.74) is -0.433. The number of carbonyl (C=O) groups excluding carboxylic acids is 1. The lowest BCUT2D eigenvalue weighted by molar-refractivity contribution is 0.00397. The first-order chi connectivity index (χ1) is 9.58. The second-order valence-electron chi connectivity index (χ2n) is 8.15. The SMILES string of the molecule is CC(C)C[C@@H]1CN(C(=O)OC(C)(C)C)[C@H](CC(C)C)CN1. The summed E-state index contributed by atoms with van der Waals surface area (Å²) in [6.07, 6.45) is 1.94. The van der Waals surface area contributed by atoms with Crippen LogP contribution in [0.1, 0.15) is 61.3 Å². The van der Waals surface area contributed by atoms with E-state index in [9.17, 15) is 4.79 Å². The molecule has 124 valence electrons. The minimum atomic E-state index is -0.433. The lowest BCUT2D eigenvalue weighted by Crippen LogP contribution is -2.59. The number of piperazine rings is 1. The third-order valence-electron chi connectivity index (χ3n) is 3.63. The number of nitrogens with zero attached hydrogens (tertiary/aromatic N) is 1. The molecule has 0 aromatic carbocycles. The topological polar surface area (TPSA) is 41.6 Å². The summed E-state index contributed by atoms with van der Waals surface area (Å²) in [5.74, 6) is 1.20. The van der Waals surface area contributed by atoms with Gasteiger partial charge in [-0.05, 0) is 45.4 Å². The Labute approximate surface area is 130 Å². The van der Waals surface area contributed by atoms with E-state index in [1.807, 2.05) is 25.7 Å². The van der Waals surface area contributed by atoms with Gasteiger partial charge in [0.05, 0.1) is 0 Å². The largest absolute Gasteiger partial charge is 0.444 e. The fourth-order valence-corrected chi connectivity index (χ4v) is 2.89. The summed E-state index contributed by atoms with van der Waals surface area (Å²) in [6, 6.07) is 0.615. The highest BCUT2D eigenvalue weighted by atomic mass is 16.6. The average molecular weight is 298 g/mol. The molecule has 1 fully saturated rings. The van der Waals surface area contributed by atoms with Crippen molar-refractivity contribution in [2.75, 3.05) is 13.1 Å². The summed E-state index contributed by atoms with van der Waals surface area (Å²) >= 11 is 0. The molecule has 0 aromatic rings. The maximum absolute atomic E-state index is 12.5. The Morgan fingerprint density at radius 2 is 1.76 bits per heavy atom. The van der Waals surface area contributed by atoms with E-state index >= 15 is 0 Å². The number of nitrogens with one attached hydrogen (secondary N) is 1. The van der Waals surface area contributed by atoms with E-state index in [-0.39, 0.29) is 12.1 Å². The predicted octanol–water partition coefficient (Wildman–Crippen LogP) is 3.66. The van der Waals surface area contributed by atoms with E-state index in [0.29, 0.717) is 17.9 Å². The molecule has 21 heavy (non-hydrogen) atoms. The molecule has 0 aromatic heterocycles. The third-order valence-corrected chi connectivity index (χ3v) is 3.63. The highest BCUT2D eigenvalue weighted by molar-refractivity contribution is 5.68. The van der Waals surface area contributed by atoms with Crippen LogP contribution in [0.15, 0.2) is 0 Å². The zero-order valence-corrected chi connectivity index (χ0v) is 14.9. The number of amides is 1. The number of ether oxygens (including phenoxy) is 1. The van der Waals surface area contributed by atoms with Crippen molar-refractivity contribution < 1.29 is 9.53 Å². The molecule has 4 heteroatoms. The third kappa shape index (κ3) is 6.68. The van der Waals surface area contributed by atoms with Gasteiger partial charge in [0.1, 0.15) is 5.60 Å². The maximum Gasteiger partial charge on any atom is 0.410 e. The van der Waals surface area contributed by atoms with Crippen molar-refractivity contribution >= 4 is 6.09 Å². The van der Waals surface area contributed by atoms with Gasteiger partial charge < -0.3 is 15.0 Å². The Morgan fingerprint density at radius 1 is 1.19 bits per heavy atom. The first kappa shape index (κ1) is 18.3. The van der Waals surface area contributed by atoms with Gasteiger partial charge in [0.15, 0.2) is 0 Å². The zero-order valence-electron chi connectivity index (χ0n) is 14.9. The summed E-state index contributed by atoms with van der Waals surface area (Å²) in [5, 5.41) is 3.60. The highest BCUT2D eigenvalue weighted by Gasteiger charge is 2.34. The van der Waals surface area contributed by atoms with Gasteiger partial charge in [0.25, 0.3) is 0 Å². The number of carbonyl (C=O) groups is 1. The maximum atomic E-state index is 12.5.